The first-order valence-corrected chi connectivity index (χ1v) is 8.05. The number of hydrogen-bond donors (Lipinski definition) is 2. The Kier molecular flexibility index (Phi) is 5.63. The number of hydrogen-bond acceptors (Lipinski definition) is 4. The molecule has 0 saturated heterocycles. The fourth-order valence-electron chi connectivity index (χ4n) is 2.50. The summed E-state index contributed by atoms with van der Waals surface area (Å²) < 4.78 is 0. The second kappa shape index (κ2) is 7.48. The van der Waals surface area contributed by atoms with Crippen molar-refractivity contribution >= 4 is 22.4 Å². The van der Waals surface area contributed by atoms with Crippen molar-refractivity contribution < 1.29 is 9.90 Å². The van der Waals surface area contributed by atoms with Crippen LogP contribution in [0.1, 0.15) is 57.1 Å². The largest absolute Gasteiger partial charge is 0.481 e. The maximum absolute atomic E-state index is 10.5. The third kappa shape index (κ3) is 5.19. The van der Waals surface area contributed by atoms with Crippen LogP contribution in [0.15, 0.2) is 5.38 Å². The van der Waals surface area contributed by atoms with E-state index in [1.54, 1.807) is 11.3 Å². The standard InChI is InChI=1S/C14H22N2O2S/c17-13(18)9-8-12-10-19-14(16-12)15-11-6-4-2-1-3-5-7-11/h10-11H,1-9H2,(H,15,16)(H,17,18). The van der Waals surface area contributed by atoms with Crippen molar-refractivity contribution in [2.24, 2.45) is 0 Å². The third-order valence-corrected chi connectivity index (χ3v) is 4.40. The summed E-state index contributed by atoms with van der Waals surface area (Å²) in [6.07, 6.45) is 9.81. The van der Waals surface area contributed by atoms with Crippen molar-refractivity contribution in [2.45, 2.75) is 63.8 Å². The highest BCUT2D eigenvalue weighted by Gasteiger charge is 2.13. The van der Waals surface area contributed by atoms with Gasteiger partial charge in [-0.2, -0.15) is 0 Å². The number of aliphatic carboxylic acids is 1. The van der Waals surface area contributed by atoms with Crippen LogP contribution in [0.3, 0.4) is 0 Å². The lowest BCUT2D eigenvalue weighted by atomic mass is 9.97. The van der Waals surface area contributed by atoms with E-state index in [9.17, 15) is 4.79 Å². The van der Waals surface area contributed by atoms with Gasteiger partial charge in [-0.3, -0.25) is 4.79 Å². The van der Waals surface area contributed by atoms with Gasteiger partial charge in [0.15, 0.2) is 5.13 Å². The predicted molar refractivity (Wildman–Crippen MR) is 77.8 cm³/mol. The maximum Gasteiger partial charge on any atom is 0.303 e. The predicted octanol–water partition coefficient (Wildman–Crippen LogP) is 3.69. The Bertz CT molecular complexity index is 398. The average Bonchev–Trinajstić information content (AvgIpc) is 2.77. The first-order valence-electron chi connectivity index (χ1n) is 7.17. The van der Waals surface area contributed by atoms with E-state index in [-0.39, 0.29) is 6.42 Å². The van der Waals surface area contributed by atoms with Crippen LogP contribution in [0.2, 0.25) is 0 Å². The third-order valence-electron chi connectivity index (χ3n) is 3.58. The van der Waals surface area contributed by atoms with Crippen molar-refractivity contribution in [3.05, 3.63) is 11.1 Å². The molecule has 1 aromatic heterocycles. The SMILES string of the molecule is O=C(O)CCc1csc(NC2CCCCCCC2)n1. The minimum absolute atomic E-state index is 0.159. The fraction of sp³-hybridized carbons (Fsp3) is 0.714. The van der Waals surface area contributed by atoms with Crippen LogP contribution in [-0.2, 0) is 11.2 Å². The number of carbonyl (C=O) groups is 1. The lowest BCUT2D eigenvalue weighted by Crippen LogP contribution is -2.20. The van der Waals surface area contributed by atoms with E-state index in [1.807, 2.05) is 5.38 Å². The van der Waals surface area contributed by atoms with Gasteiger partial charge in [0.05, 0.1) is 12.1 Å². The molecule has 1 aliphatic rings. The smallest absolute Gasteiger partial charge is 0.303 e. The first kappa shape index (κ1) is 14.3. The summed E-state index contributed by atoms with van der Waals surface area (Å²) >= 11 is 1.59. The van der Waals surface area contributed by atoms with Gasteiger partial charge in [-0.1, -0.05) is 32.1 Å². The van der Waals surface area contributed by atoms with Gasteiger partial charge in [0.2, 0.25) is 0 Å². The van der Waals surface area contributed by atoms with Crippen LogP contribution in [0.4, 0.5) is 5.13 Å². The van der Waals surface area contributed by atoms with Crippen LogP contribution in [-0.4, -0.2) is 22.1 Å². The highest BCUT2D eigenvalue weighted by atomic mass is 32.1. The topological polar surface area (TPSA) is 62.2 Å². The molecule has 0 aromatic carbocycles. The Balaban J connectivity index is 1.82. The molecular formula is C14H22N2O2S. The molecule has 4 nitrogen and oxygen atoms in total. The van der Waals surface area contributed by atoms with Crippen molar-refractivity contribution in [1.29, 1.82) is 0 Å². The van der Waals surface area contributed by atoms with Gasteiger partial charge in [0.25, 0.3) is 0 Å². The van der Waals surface area contributed by atoms with E-state index in [0.29, 0.717) is 12.5 Å². The second-order valence-electron chi connectivity index (χ2n) is 5.22. The number of thiazole rings is 1. The molecule has 0 unspecified atom stereocenters. The van der Waals surface area contributed by atoms with Gasteiger partial charge in [0, 0.05) is 17.8 Å². The molecule has 0 amide bonds. The lowest BCUT2D eigenvalue weighted by molar-refractivity contribution is -0.136. The zero-order valence-corrected chi connectivity index (χ0v) is 12.0. The Morgan fingerprint density at radius 3 is 2.68 bits per heavy atom. The lowest BCUT2D eigenvalue weighted by Gasteiger charge is -2.20. The second-order valence-corrected chi connectivity index (χ2v) is 6.08. The highest BCUT2D eigenvalue weighted by molar-refractivity contribution is 7.13. The van der Waals surface area contributed by atoms with E-state index in [0.717, 1.165) is 10.8 Å². The Morgan fingerprint density at radius 2 is 2.00 bits per heavy atom. The molecule has 1 saturated carbocycles. The maximum atomic E-state index is 10.5. The van der Waals surface area contributed by atoms with Crippen LogP contribution in [0.5, 0.6) is 0 Å². The molecular weight excluding hydrogens is 260 g/mol. The molecule has 2 N–H and O–H groups in total. The first-order chi connectivity index (χ1) is 9.24. The van der Waals surface area contributed by atoms with Crippen molar-refractivity contribution in [1.82, 2.24) is 4.98 Å². The fourth-order valence-corrected chi connectivity index (χ4v) is 3.32. The molecule has 0 spiro atoms. The zero-order chi connectivity index (χ0) is 13.5. The number of carboxylic acids is 1. The minimum atomic E-state index is -0.762. The number of anilines is 1. The molecule has 1 aromatic rings. The summed E-state index contributed by atoms with van der Waals surface area (Å²) in [5, 5.41) is 15.1. The molecule has 0 bridgehead atoms. The molecule has 1 heterocycles. The van der Waals surface area contributed by atoms with E-state index >= 15 is 0 Å². The van der Waals surface area contributed by atoms with Crippen molar-refractivity contribution in [3.8, 4) is 0 Å². The molecule has 106 valence electrons. The Morgan fingerprint density at radius 1 is 1.32 bits per heavy atom. The zero-order valence-electron chi connectivity index (χ0n) is 11.2. The number of aryl methyl sites for hydroxylation is 1. The number of carboxylic acid groups (broad SMARTS) is 1. The van der Waals surface area contributed by atoms with Gasteiger partial charge in [-0.15, -0.1) is 11.3 Å². The molecule has 19 heavy (non-hydrogen) atoms. The van der Waals surface area contributed by atoms with Crippen LogP contribution in [0, 0.1) is 0 Å². The number of nitrogens with zero attached hydrogens (tertiary/aromatic N) is 1. The summed E-state index contributed by atoms with van der Waals surface area (Å²) in [5.41, 5.74) is 0.890. The summed E-state index contributed by atoms with van der Waals surface area (Å²) in [4.78, 5) is 15.0. The van der Waals surface area contributed by atoms with Crippen molar-refractivity contribution in [2.75, 3.05) is 5.32 Å². The summed E-state index contributed by atoms with van der Waals surface area (Å²) in [7, 11) is 0. The number of nitrogens with one attached hydrogen (secondary N) is 1. The molecule has 0 atom stereocenters. The van der Waals surface area contributed by atoms with Crippen LogP contribution >= 0.6 is 11.3 Å². The van der Waals surface area contributed by atoms with Crippen molar-refractivity contribution in [3.63, 3.8) is 0 Å². The minimum Gasteiger partial charge on any atom is -0.481 e. The summed E-state index contributed by atoms with van der Waals surface area (Å²) in [6, 6.07) is 0.541. The molecule has 0 aliphatic heterocycles. The Labute approximate surface area is 118 Å². The van der Waals surface area contributed by atoms with Gasteiger partial charge in [-0.25, -0.2) is 4.98 Å². The van der Waals surface area contributed by atoms with E-state index in [2.05, 4.69) is 10.3 Å². The van der Waals surface area contributed by atoms with Gasteiger partial charge in [-0.05, 0) is 12.8 Å². The molecule has 1 aliphatic carbocycles. The van der Waals surface area contributed by atoms with Gasteiger partial charge in [0.1, 0.15) is 0 Å². The van der Waals surface area contributed by atoms with Crippen LogP contribution in [0.25, 0.3) is 0 Å². The quantitative estimate of drug-likeness (QED) is 0.864. The van der Waals surface area contributed by atoms with E-state index < -0.39 is 5.97 Å². The van der Waals surface area contributed by atoms with E-state index in [1.165, 1.54) is 44.9 Å². The monoisotopic (exact) mass is 282 g/mol. The Hall–Kier alpha value is -1.10. The molecule has 2 rings (SSSR count). The average molecular weight is 282 g/mol. The summed E-state index contributed by atoms with van der Waals surface area (Å²) in [5.74, 6) is -0.762. The molecule has 5 heteroatoms. The summed E-state index contributed by atoms with van der Waals surface area (Å²) in [6.45, 7) is 0. The molecule has 1 fully saturated rings. The van der Waals surface area contributed by atoms with Gasteiger partial charge < -0.3 is 10.4 Å². The van der Waals surface area contributed by atoms with Gasteiger partial charge >= 0.3 is 5.97 Å². The highest BCUT2D eigenvalue weighted by Crippen LogP contribution is 2.23. The number of aromatic nitrogens is 1. The van der Waals surface area contributed by atoms with Crippen LogP contribution < -0.4 is 5.32 Å². The normalized spacial score (nSPS) is 17.7. The number of rotatable bonds is 5. The van der Waals surface area contributed by atoms with E-state index in [4.69, 9.17) is 5.11 Å². The molecule has 0 radical (unpaired) electrons.